The van der Waals surface area contributed by atoms with Crippen molar-refractivity contribution in [3.05, 3.63) is 35.9 Å². The van der Waals surface area contributed by atoms with E-state index in [9.17, 15) is 13.2 Å². The molecule has 98 valence electrons. The summed E-state index contributed by atoms with van der Waals surface area (Å²) in [7, 11) is 0. The molecule has 0 aromatic heterocycles. The Labute approximate surface area is 108 Å². The molecular weight excluding hydrogens is 265 g/mol. The van der Waals surface area contributed by atoms with E-state index in [2.05, 4.69) is 4.74 Å². The molecule has 0 aliphatic heterocycles. The van der Waals surface area contributed by atoms with E-state index in [1.807, 2.05) is 6.08 Å². The number of hydrogen-bond acceptors (Lipinski definition) is 1. The number of rotatable bonds is 2. The summed E-state index contributed by atoms with van der Waals surface area (Å²) in [6.45, 7) is 0. The second kappa shape index (κ2) is 5.22. The molecule has 1 nitrogen and oxygen atoms in total. The van der Waals surface area contributed by atoms with Crippen molar-refractivity contribution in [2.45, 2.75) is 31.0 Å². The lowest BCUT2D eigenvalue weighted by atomic mass is 9.93. The highest BCUT2D eigenvalue weighted by Crippen LogP contribution is 2.36. The van der Waals surface area contributed by atoms with Crippen LogP contribution in [-0.2, 0) is 0 Å². The molecule has 1 atom stereocenters. The van der Waals surface area contributed by atoms with Crippen LogP contribution in [0.5, 0.6) is 5.75 Å². The standard InChI is InChI=1S/C13H12ClF3O/c14-10-5-3-4-9(8-10)11-6-1-2-7-12(11)18-13(15,16)17/h1-2,6-8,10H,3-5H2. The molecule has 0 amide bonds. The average Bonchev–Trinajstić information content (AvgIpc) is 2.27. The average molecular weight is 277 g/mol. The molecular formula is C13H12ClF3O. The largest absolute Gasteiger partial charge is 0.573 e. The van der Waals surface area contributed by atoms with E-state index in [1.165, 1.54) is 12.1 Å². The van der Waals surface area contributed by atoms with E-state index < -0.39 is 6.36 Å². The molecule has 0 saturated carbocycles. The molecule has 5 heteroatoms. The van der Waals surface area contributed by atoms with Gasteiger partial charge in [-0.15, -0.1) is 24.8 Å². The van der Waals surface area contributed by atoms with Gasteiger partial charge in [-0.3, -0.25) is 0 Å². The van der Waals surface area contributed by atoms with E-state index in [-0.39, 0.29) is 11.1 Å². The number of allylic oxidation sites excluding steroid dienone is 2. The first-order valence-electron chi connectivity index (χ1n) is 5.65. The Hall–Kier alpha value is -1.16. The Balaban J connectivity index is 2.33. The van der Waals surface area contributed by atoms with E-state index in [1.54, 1.807) is 12.1 Å². The third kappa shape index (κ3) is 3.42. The molecule has 0 heterocycles. The number of ether oxygens (including phenoxy) is 1. The first kappa shape index (κ1) is 13.3. The maximum absolute atomic E-state index is 12.3. The molecule has 0 radical (unpaired) electrons. The quantitative estimate of drug-likeness (QED) is 0.708. The van der Waals surface area contributed by atoms with Gasteiger partial charge in [0.05, 0.1) is 5.38 Å². The van der Waals surface area contributed by atoms with E-state index in [0.717, 1.165) is 24.8 Å². The highest BCUT2D eigenvalue weighted by molar-refractivity contribution is 6.22. The fourth-order valence-electron chi connectivity index (χ4n) is 2.04. The fraction of sp³-hybridized carbons (Fsp3) is 0.385. The van der Waals surface area contributed by atoms with Crippen molar-refractivity contribution in [1.29, 1.82) is 0 Å². The smallest absolute Gasteiger partial charge is 0.405 e. The second-order valence-electron chi connectivity index (χ2n) is 4.14. The number of benzene rings is 1. The van der Waals surface area contributed by atoms with E-state index in [0.29, 0.717) is 5.56 Å². The van der Waals surface area contributed by atoms with Crippen molar-refractivity contribution < 1.29 is 17.9 Å². The van der Waals surface area contributed by atoms with Crippen LogP contribution in [0.1, 0.15) is 24.8 Å². The van der Waals surface area contributed by atoms with Crippen molar-refractivity contribution in [2.75, 3.05) is 0 Å². The summed E-state index contributed by atoms with van der Waals surface area (Å²) in [4.78, 5) is 0. The van der Waals surface area contributed by atoms with Crippen molar-refractivity contribution in [3.8, 4) is 5.75 Å². The van der Waals surface area contributed by atoms with Gasteiger partial charge in [-0.1, -0.05) is 24.3 Å². The predicted octanol–water partition coefficient (Wildman–Crippen LogP) is 4.76. The zero-order valence-corrected chi connectivity index (χ0v) is 10.3. The molecule has 0 bridgehead atoms. The first-order chi connectivity index (χ1) is 8.46. The zero-order chi connectivity index (χ0) is 13.2. The van der Waals surface area contributed by atoms with Gasteiger partial charge in [0.15, 0.2) is 0 Å². The molecule has 1 aromatic carbocycles. The van der Waals surface area contributed by atoms with Crippen LogP contribution in [0.4, 0.5) is 13.2 Å². The summed E-state index contributed by atoms with van der Waals surface area (Å²) in [5.74, 6) is -0.165. The Kier molecular flexibility index (Phi) is 3.85. The Morgan fingerprint density at radius 2 is 1.94 bits per heavy atom. The third-order valence-electron chi connectivity index (χ3n) is 2.77. The van der Waals surface area contributed by atoms with Gasteiger partial charge >= 0.3 is 6.36 Å². The van der Waals surface area contributed by atoms with E-state index >= 15 is 0 Å². The van der Waals surface area contributed by atoms with Crippen LogP contribution in [0.3, 0.4) is 0 Å². The van der Waals surface area contributed by atoms with Crippen molar-refractivity contribution in [3.63, 3.8) is 0 Å². The highest BCUT2D eigenvalue weighted by atomic mass is 35.5. The molecule has 0 N–H and O–H groups in total. The van der Waals surface area contributed by atoms with Crippen molar-refractivity contribution in [2.24, 2.45) is 0 Å². The van der Waals surface area contributed by atoms with Crippen LogP contribution in [0.25, 0.3) is 5.57 Å². The maximum atomic E-state index is 12.3. The SMILES string of the molecule is FC(F)(F)Oc1ccccc1C1=CC(Cl)CCC1. The lowest BCUT2D eigenvalue weighted by Crippen LogP contribution is -2.18. The molecule has 18 heavy (non-hydrogen) atoms. The van der Waals surface area contributed by atoms with E-state index in [4.69, 9.17) is 11.6 Å². The van der Waals surface area contributed by atoms with Gasteiger partial charge in [0.2, 0.25) is 0 Å². The topological polar surface area (TPSA) is 9.23 Å². The molecule has 2 rings (SSSR count). The molecule has 0 spiro atoms. The molecule has 0 saturated heterocycles. The minimum absolute atomic E-state index is 0.118. The second-order valence-corrected chi connectivity index (χ2v) is 4.70. The monoisotopic (exact) mass is 276 g/mol. The molecule has 1 aromatic rings. The highest BCUT2D eigenvalue weighted by Gasteiger charge is 2.32. The number of para-hydroxylation sites is 1. The van der Waals surface area contributed by atoms with Gasteiger partial charge < -0.3 is 4.74 Å². The van der Waals surface area contributed by atoms with Crippen LogP contribution in [0.2, 0.25) is 0 Å². The van der Waals surface area contributed by atoms with Crippen molar-refractivity contribution in [1.82, 2.24) is 0 Å². The fourth-order valence-corrected chi connectivity index (χ4v) is 2.35. The maximum Gasteiger partial charge on any atom is 0.573 e. The van der Waals surface area contributed by atoms with Crippen LogP contribution >= 0.6 is 11.6 Å². The van der Waals surface area contributed by atoms with Crippen LogP contribution < -0.4 is 4.74 Å². The molecule has 0 fully saturated rings. The van der Waals surface area contributed by atoms with Gasteiger partial charge in [0, 0.05) is 5.56 Å². The predicted molar refractivity (Wildman–Crippen MR) is 64.6 cm³/mol. The Bertz CT molecular complexity index is 454. The molecule has 1 unspecified atom stereocenters. The molecule has 1 aliphatic carbocycles. The third-order valence-corrected chi connectivity index (χ3v) is 3.11. The molecule has 1 aliphatic rings. The zero-order valence-electron chi connectivity index (χ0n) is 9.51. The summed E-state index contributed by atoms with van der Waals surface area (Å²) in [5.41, 5.74) is 1.29. The minimum Gasteiger partial charge on any atom is -0.405 e. The summed E-state index contributed by atoms with van der Waals surface area (Å²) in [6.07, 6.45) is -0.412. The normalized spacial score (nSPS) is 20.4. The number of alkyl halides is 4. The summed E-state index contributed by atoms with van der Waals surface area (Å²) in [5, 5.41) is -0.118. The van der Waals surface area contributed by atoms with Gasteiger partial charge in [0.25, 0.3) is 0 Å². The van der Waals surface area contributed by atoms with Crippen LogP contribution in [-0.4, -0.2) is 11.7 Å². The van der Waals surface area contributed by atoms with Gasteiger partial charge in [-0.05, 0) is 30.9 Å². The van der Waals surface area contributed by atoms with Crippen LogP contribution in [0, 0.1) is 0 Å². The van der Waals surface area contributed by atoms with Gasteiger partial charge in [-0.25, -0.2) is 0 Å². The summed E-state index contributed by atoms with van der Waals surface area (Å²) in [6, 6.07) is 6.16. The lowest BCUT2D eigenvalue weighted by molar-refractivity contribution is -0.274. The first-order valence-corrected chi connectivity index (χ1v) is 6.09. The lowest BCUT2D eigenvalue weighted by Gasteiger charge is -2.19. The number of hydrogen-bond donors (Lipinski definition) is 0. The van der Waals surface area contributed by atoms with Crippen molar-refractivity contribution >= 4 is 17.2 Å². The Morgan fingerprint density at radius 1 is 1.22 bits per heavy atom. The van der Waals surface area contributed by atoms with Gasteiger partial charge in [-0.2, -0.15) is 0 Å². The summed E-state index contributed by atoms with van der Waals surface area (Å²) >= 11 is 6.01. The Morgan fingerprint density at radius 3 is 2.61 bits per heavy atom. The summed E-state index contributed by atoms with van der Waals surface area (Å²) < 4.78 is 40.9. The number of halogens is 4. The minimum atomic E-state index is -4.67. The van der Waals surface area contributed by atoms with Crippen LogP contribution in [0.15, 0.2) is 30.3 Å². The van der Waals surface area contributed by atoms with Gasteiger partial charge in [0.1, 0.15) is 5.75 Å².